The van der Waals surface area contributed by atoms with Crippen LogP contribution in [-0.4, -0.2) is 34.5 Å². The minimum atomic E-state index is 0. The molecule has 0 aliphatic rings. The van der Waals surface area contributed by atoms with Crippen LogP contribution < -0.4 is 0 Å². The molecule has 0 spiro atoms. The van der Waals surface area contributed by atoms with E-state index in [0.29, 0.717) is 0 Å². The van der Waals surface area contributed by atoms with Crippen molar-refractivity contribution in [3.8, 4) is 0 Å². The topological polar surface area (TPSA) is 12.9 Å². The number of nitrogens with zero attached hydrogens (tertiary/aromatic N) is 1. The van der Waals surface area contributed by atoms with Crippen molar-refractivity contribution in [3.05, 3.63) is 30.1 Å². The predicted molar refractivity (Wildman–Crippen MR) is 34.7 cm³/mol. The Kier molecular flexibility index (Phi) is 4.15. The second kappa shape index (κ2) is 4.07. The SMILES string of the molecule is Cc1ccccn1.[Na]. The minimum absolute atomic E-state index is 0. The van der Waals surface area contributed by atoms with Gasteiger partial charge in [0.2, 0.25) is 0 Å². The maximum atomic E-state index is 3.98. The Morgan fingerprint density at radius 2 is 2.12 bits per heavy atom. The fourth-order valence-electron chi connectivity index (χ4n) is 0.448. The zero-order chi connectivity index (χ0) is 5.11. The van der Waals surface area contributed by atoms with Gasteiger partial charge in [-0.05, 0) is 19.1 Å². The summed E-state index contributed by atoms with van der Waals surface area (Å²) in [5.74, 6) is 0. The van der Waals surface area contributed by atoms with Gasteiger partial charge in [-0.3, -0.25) is 4.98 Å². The van der Waals surface area contributed by atoms with E-state index >= 15 is 0 Å². The van der Waals surface area contributed by atoms with Crippen LogP contribution in [0.1, 0.15) is 5.69 Å². The van der Waals surface area contributed by atoms with Crippen molar-refractivity contribution in [2.75, 3.05) is 0 Å². The number of aryl methyl sites for hydroxylation is 1. The van der Waals surface area contributed by atoms with E-state index in [2.05, 4.69) is 4.98 Å². The van der Waals surface area contributed by atoms with Crippen molar-refractivity contribution >= 4 is 29.6 Å². The maximum absolute atomic E-state index is 3.98. The molecule has 1 aromatic heterocycles. The van der Waals surface area contributed by atoms with Crippen LogP contribution in [0.5, 0.6) is 0 Å². The number of aromatic nitrogens is 1. The van der Waals surface area contributed by atoms with Gasteiger partial charge in [0, 0.05) is 41.4 Å². The summed E-state index contributed by atoms with van der Waals surface area (Å²) < 4.78 is 0. The molecule has 0 fully saturated rings. The van der Waals surface area contributed by atoms with E-state index in [1.807, 2.05) is 25.1 Å². The Labute approximate surface area is 71.4 Å². The summed E-state index contributed by atoms with van der Waals surface area (Å²) in [6.45, 7) is 1.97. The van der Waals surface area contributed by atoms with E-state index in [0.717, 1.165) is 5.69 Å². The Bertz CT molecular complexity index is 138. The average molecular weight is 116 g/mol. The Hall–Kier alpha value is 0.150. The number of pyridine rings is 1. The fraction of sp³-hybridized carbons (Fsp3) is 0.167. The molecule has 0 unspecified atom stereocenters. The molecule has 2 heteroatoms. The Morgan fingerprint density at radius 1 is 1.38 bits per heavy atom. The largest absolute Gasteiger partial charge is 0.262 e. The van der Waals surface area contributed by atoms with Crippen LogP contribution in [0.15, 0.2) is 24.4 Å². The number of hydrogen-bond acceptors (Lipinski definition) is 1. The van der Waals surface area contributed by atoms with E-state index in [1.54, 1.807) is 6.20 Å². The van der Waals surface area contributed by atoms with Crippen LogP contribution in [-0.2, 0) is 0 Å². The normalized spacial score (nSPS) is 7.62. The van der Waals surface area contributed by atoms with Gasteiger partial charge in [-0.1, -0.05) is 6.07 Å². The van der Waals surface area contributed by atoms with E-state index in [1.165, 1.54) is 0 Å². The molecule has 0 atom stereocenters. The van der Waals surface area contributed by atoms with Crippen LogP contribution in [0.3, 0.4) is 0 Å². The summed E-state index contributed by atoms with van der Waals surface area (Å²) in [4.78, 5) is 3.98. The molecule has 0 bridgehead atoms. The third kappa shape index (κ3) is 2.46. The molecule has 1 rings (SSSR count). The molecule has 1 heterocycles. The second-order valence-electron chi connectivity index (χ2n) is 1.47. The van der Waals surface area contributed by atoms with Gasteiger partial charge in [0.1, 0.15) is 0 Å². The van der Waals surface area contributed by atoms with Gasteiger partial charge in [0.15, 0.2) is 0 Å². The van der Waals surface area contributed by atoms with Crippen LogP contribution in [0, 0.1) is 6.92 Å². The van der Waals surface area contributed by atoms with Gasteiger partial charge in [0.05, 0.1) is 0 Å². The summed E-state index contributed by atoms with van der Waals surface area (Å²) in [7, 11) is 0. The van der Waals surface area contributed by atoms with E-state index in [4.69, 9.17) is 0 Å². The van der Waals surface area contributed by atoms with Gasteiger partial charge in [0.25, 0.3) is 0 Å². The monoisotopic (exact) mass is 116 g/mol. The van der Waals surface area contributed by atoms with Gasteiger partial charge >= 0.3 is 0 Å². The third-order valence-electron chi connectivity index (χ3n) is 0.813. The van der Waals surface area contributed by atoms with Crippen LogP contribution >= 0.6 is 0 Å². The van der Waals surface area contributed by atoms with Gasteiger partial charge in [-0.25, -0.2) is 0 Å². The quantitative estimate of drug-likeness (QED) is 0.461. The molecule has 0 amide bonds. The first-order valence-corrected chi connectivity index (χ1v) is 2.27. The van der Waals surface area contributed by atoms with Crippen molar-refractivity contribution in [2.24, 2.45) is 0 Å². The van der Waals surface area contributed by atoms with Gasteiger partial charge in [-0.15, -0.1) is 0 Å². The molecule has 1 aromatic rings. The summed E-state index contributed by atoms with van der Waals surface area (Å²) in [5.41, 5.74) is 1.07. The first-order valence-electron chi connectivity index (χ1n) is 2.27. The van der Waals surface area contributed by atoms with E-state index in [9.17, 15) is 0 Å². The van der Waals surface area contributed by atoms with Crippen molar-refractivity contribution in [1.82, 2.24) is 4.98 Å². The summed E-state index contributed by atoms with van der Waals surface area (Å²) in [6, 6.07) is 5.86. The van der Waals surface area contributed by atoms with Gasteiger partial charge in [-0.2, -0.15) is 0 Å². The summed E-state index contributed by atoms with van der Waals surface area (Å²) in [6.07, 6.45) is 1.79. The zero-order valence-corrected chi connectivity index (χ0v) is 7.26. The predicted octanol–water partition coefficient (Wildman–Crippen LogP) is 1.01. The first-order chi connectivity index (χ1) is 3.39. The molecule has 1 nitrogen and oxygen atoms in total. The fourth-order valence-corrected chi connectivity index (χ4v) is 0.448. The molecule has 37 valence electrons. The van der Waals surface area contributed by atoms with Gasteiger partial charge < -0.3 is 0 Å². The number of rotatable bonds is 0. The third-order valence-corrected chi connectivity index (χ3v) is 0.813. The number of hydrogen-bond donors (Lipinski definition) is 0. The van der Waals surface area contributed by atoms with E-state index in [-0.39, 0.29) is 29.6 Å². The zero-order valence-electron chi connectivity index (χ0n) is 5.26. The standard InChI is InChI=1S/C6H7N.Na/c1-6-4-2-3-5-7-6;/h2-5H,1H3;. The van der Waals surface area contributed by atoms with Crippen molar-refractivity contribution < 1.29 is 0 Å². The second-order valence-corrected chi connectivity index (χ2v) is 1.47. The molecule has 0 saturated heterocycles. The molecular formula is C6H7NNa. The van der Waals surface area contributed by atoms with Crippen LogP contribution in [0.4, 0.5) is 0 Å². The molecule has 8 heavy (non-hydrogen) atoms. The minimum Gasteiger partial charge on any atom is -0.262 e. The molecule has 0 aliphatic carbocycles. The van der Waals surface area contributed by atoms with Crippen molar-refractivity contribution in [2.45, 2.75) is 6.92 Å². The van der Waals surface area contributed by atoms with E-state index < -0.39 is 0 Å². The molecule has 0 saturated carbocycles. The summed E-state index contributed by atoms with van der Waals surface area (Å²) >= 11 is 0. The van der Waals surface area contributed by atoms with Crippen LogP contribution in [0.2, 0.25) is 0 Å². The average Bonchev–Trinajstić information content (AvgIpc) is 1.69. The van der Waals surface area contributed by atoms with Crippen LogP contribution in [0.25, 0.3) is 0 Å². The first kappa shape index (κ1) is 8.15. The smallest absolute Gasteiger partial charge is 0.0372 e. The molecular weight excluding hydrogens is 109 g/mol. The Morgan fingerprint density at radius 3 is 2.38 bits per heavy atom. The summed E-state index contributed by atoms with van der Waals surface area (Å²) in [5, 5.41) is 0. The molecule has 1 radical (unpaired) electrons. The molecule has 0 N–H and O–H groups in total. The molecule has 0 aliphatic heterocycles. The Balaban J connectivity index is 0.000000490. The molecule has 0 aromatic carbocycles. The maximum Gasteiger partial charge on any atom is 0.0372 e. The van der Waals surface area contributed by atoms with Crippen molar-refractivity contribution in [3.63, 3.8) is 0 Å². The van der Waals surface area contributed by atoms with Crippen molar-refractivity contribution in [1.29, 1.82) is 0 Å².